The molecule has 0 spiro atoms. The van der Waals surface area contributed by atoms with Gasteiger partial charge >= 0.3 is 11.9 Å². The first-order valence-corrected chi connectivity index (χ1v) is 15.0. The number of aryl methyl sites for hydroxylation is 1. The second-order valence-electron chi connectivity index (χ2n) is 11.1. The third kappa shape index (κ3) is 6.40. The molecular weight excluding hydrogens is 592 g/mol. The molecule has 10 heteroatoms. The van der Waals surface area contributed by atoms with Crippen LogP contribution in [-0.2, 0) is 19.1 Å². The van der Waals surface area contributed by atoms with Gasteiger partial charge in [-0.3, -0.25) is 9.59 Å². The van der Waals surface area contributed by atoms with E-state index >= 15 is 0 Å². The van der Waals surface area contributed by atoms with Crippen molar-refractivity contribution in [1.29, 1.82) is 0 Å². The fraction of sp³-hybridized carbons (Fsp3) is 0.286. The van der Waals surface area contributed by atoms with Crippen molar-refractivity contribution in [2.75, 3.05) is 14.2 Å². The largest absolute Gasteiger partial charge is 0.516 e. The fourth-order valence-corrected chi connectivity index (χ4v) is 6.02. The van der Waals surface area contributed by atoms with Gasteiger partial charge in [-0.05, 0) is 110 Å². The van der Waals surface area contributed by atoms with Gasteiger partial charge in [-0.25, -0.2) is 15.0 Å². The zero-order chi connectivity index (χ0) is 32.4. The third-order valence-electron chi connectivity index (χ3n) is 8.30. The lowest BCUT2D eigenvalue weighted by Gasteiger charge is -2.08. The molecule has 232 valence electrons. The summed E-state index contributed by atoms with van der Waals surface area (Å²) in [6.07, 6.45) is 11.4. The van der Waals surface area contributed by atoms with Crippen LogP contribution in [0.4, 0.5) is 0 Å². The molecule has 0 amide bonds. The molecule has 4 aliphatic heterocycles. The quantitative estimate of drug-likeness (QED) is 0.309. The minimum Gasteiger partial charge on any atom is -0.516 e. The van der Waals surface area contributed by atoms with Crippen LogP contribution in [-0.4, -0.2) is 53.4 Å². The van der Waals surface area contributed by atoms with Crippen LogP contribution in [0.25, 0.3) is 12.2 Å². The molecule has 2 N–H and O–H groups in total. The number of aromatic amines is 1. The van der Waals surface area contributed by atoms with E-state index < -0.39 is 0 Å². The summed E-state index contributed by atoms with van der Waals surface area (Å²) in [6.45, 7) is 7.91. The molecule has 0 aliphatic carbocycles. The van der Waals surface area contributed by atoms with Gasteiger partial charge in [-0.2, -0.15) is 0 Å². The number of rotatable bonds is 7. The summed E-state index contributed by atoms with van der Waals surface area (Å²) < 4.78 is 9.84. The second-order valence-corrected chi connectivity index (χ2v) is 11.5. The summed E-state index contributed by atoms with van der Waals surface area (Å²) in [6, 6.07) is 2.04. The number of hydrogen-bond acceptors (Lipinski definition) is 8. The lowest BCUT2D eigenvalue weighted by atomic mass is 9.96. The third-order valence-corrected chi connectivity index (χ3v) is 8.61. The minimum absolute atomic E-state index is 0.189. The van der Waals surface area contributed by atoms with Gasteiger partial charge in [0.25, 0.3) is 0 Å². The van der Waals surface area contributed by atoms with E-state index in [4.69, 9.17) is 36.1 Å². The SMILES string of the molecule is COC(=O)CCC1=C(C)C2=NC1=CC1=NC(=CC3=C(C)/C(=C(Cl)\C=C\O)C(=N3)C=c3[nH]c(cc3C)=C2)C(C)=C1CCC(=O)OC. The number of carbonyl (C=O) groups excluding carboxylic acids is 2. The molecule has 8 bridgehead atoms. The smallest absolute Gasteiger partial charge is 0.305 e. The Labute approximate surface area is 266 Å². The highest BCUT2D eigenvalue weighted by Crippen LogP contribution is 2.37. The van der Waals surface area contributed by atoms with Crippen LogP contribution in [0.3, 0.4) is 0 Å². The molecule has 0 fully saturated rings. The molecule has 0 aromatic carbocycles. The van der Waals surface area contributed by atoms with Crippen molar-refractivity contribution in [3.8, 4) is 0 Å². The van der Waals surface area contributed by atoms with Crippen LogP contribution in [0.15, 0.2) is 101 Å². The predicted molar refractivity (Wildman–Crippen MR) is 177 cm³/mol. The average molecular weight is 627 g/mol. The number of ether oxygens (including phenoxy) is 2. The monoisotopic (exact) mass is 626 g/mol. The highest BCUT2D eigenvalue weighted by atomic mass is 35.5. The summed E-state index contributed by atoms with van der Waals surface area (Å²) in [5.41, 5.74) is 10.4. The van der Waals surface area contributed by atoms with Crippen molar-refractivity contribution in [2.45, 2.75) is 53.4 Å². The van der Waals surface area contributed by atoms with Crippen LogP contribution in [0.2, 0.25) is 0 Å². The maximum absolute atomic E-state index is 12.2. The number of carbonyl (C=O) groups is 2. The summed E-state index contributed by atoms with van der Waals surface area (Å²) in [5.74, 6) is -0.615. The van der Waals surface area contributed by atoms with Crippen molar-refractivity contribution in [3.05, 3.63) is 102 Å². The summed E-state index contributed by atoms with van der Waals surface area (Å²) in [7, 11) is 2.75. The van der Waals surface area contributed by atoms with Crippen LogP contribution >= 0.6 is 11.6 Å². The predicted octanol–water partition coefficient (Wildman–Crippen LogP) is 5.41. The number of esters is 2. The standard InChI is InChI=1S/C35H35ClN4O5/c1-18-13-22-14-27-19(2)23(7-9-33(42)44-5)30(38-27)17-31-24(8-10-34(43)45-6)20(3)28(39-31)16-29-21(4)35(25(36)11-12-41)32(40-29)15-26(18)37-22/h11-17,37,41H,7-10H2,1-6H3/b12-11+,22-14?,26-15?,28-16?,30-17?,35-25-. The maximum Gasteiger partial charge on any atom is 0.305 e. The zero-order valence-corrected chi connectivity index (χ0v) is 26.9. The Bertz CT molecular complexity index is 1950. The van der Waals surface area contributed by atoms with Gasteiger partial charge < -0.3 is 19.6 Å². The molecule has 0 saturated heterocycles. The van der Waals surface area contributed by atoms with Gasteiger partial charge in [-0.15, -0.1) is 0 Å². The number of hydrogen-bond donors (Lipinski definition) is 2. The van der Waals surface area contributed by atoms with E-state index in [1.807, 2.05) is 58.1 Å². The first-order chi connectivity index (χ1) is 21.5. The van der Waals surface area contributed by atoms with Crippen molar-refractivity contribution >= 4 is 52.8 Å². The number of nitrogens with zero attached hydrogens (tertiary/aromatic N) is 3. The maximum atomic E-state index is 12.2. The lowest BCUT2D eigenvalue weighted by Crippen LogP contribution is -2.15. The van der Waals surface area contributed by atoms with Crippen molar-refractivity contribution in [1.82, 2.24) is 4.98 Å². The first kappa shape index (κ1) is 31.7. The van der Waals surface area contributed by atoms with Crippen LogP contribution in [0.1, 0.15) is 52.0 Å². The van der Waals surface area contributed by atoms with Crippen LogP contribution < -0.4 is 10.7 Å². The fourth-order valence-electron chi connectivity index (χ4n) is 5.72. The van der Waals surface area contributed by atoms with Crippen molar-refractivity contribution < 1.29 is 24.2 Å². The Morgan fingerprint density at radius 3 is 2.16 bits per heavy atom. The van der Waals surface area contributed by atoms with Crippen molar-refractivity contribution in [3.63, 3.8) is 0 Å². The van der Waals surface area contributed by atoms with Crippen molar-refractivity contribution in [2.24, 2.45) is 15.0 Å². The molecule has 5 heterocycles. The highest BCUT2D eigenvalue weighted by molar-refractivity contribution is 6.38. The number of fused-ring (bicyclic) bond motifs is 5. The first-order valence-electron chi connectivity index (χ1n) is 14.6. The molecular formula is C35H35ClN4O5. The number of H-pyrrole nitrogens is 1. The van der Waals surface area contributed by atoms with E-state index in [1.54, 1.807) is 0 Å². The Morgan fingerprint density at radius 2 is 1.49 bits per heavy atom. The molecule has 0 radical (unpaired) electrons. The van der Waals surface area contributed by atoms with Crippen LogP contribution in [0.5, 0.6) is 0 Å². The topological polar surface area (TPSA) is 126 Å². The van der Waals surface area contributed by atoms with E-state index in [0.29, 0.717) is 52.0 Å². The molecule has 0 atom stereocenters. The molecule has 0 saturated carbocycles. The van der Waals surface area contributed by atoms with Gasteiger partial charge in [0.2, 0.25) is 0 Å². The van der Waals surface area contributed by atoms with Gasteiger partial charge in [0.05, 0.1) is 59.7 Å². The lowest BCUT2D eigenvalue weighted by molar-refractivity contribution is -0.141. The van der Waals surface area contributed by atoms with Gasteiger partial charge in [0, 0.05) is 29.1 Å². The number of aromatic nitrogens is 1. The number of aliphatic hydroxyl groups is 1. The summed E-state index contributed by atoms with van der Waals surface area (Å²) >= 11 is 6.66. The molecule has 4 aliphatic rings. The molecule has 1 aromatic rings. The number of halogens is 1. The van der Waals surface area contributed by atoms with E-state index in [9.17, 15) is 14.7 Å². The summed E-state index contributed by atoms with van der Waals surface area (Å²) in [5, 5.41) is 11.5. The minimum atomic E-state index is -0.315. The Balaban J connectivity index is 1.78. The van der Waals surface area contributed by atoms with E-state index in [0.717, 1.165) is 56.1 Å². The number of allylic oxidation sites excluding steroid dienone is 10. The van der Waals surface area contributed by atoms with Crippen LogP contribution in [0, 0.1) is 6.92 Å². The Kier molecular flexibility index (Phi) is 9.20. The van der Waals surface area contributed by atoms with Gasteiger partial charge in [0.15, 0.2) is 0 Å². The van der Waals surface area contributed by atoms with Gasteiger partial charge in [-0.1, -0.05) is 11.6 Å². The number of nitrogens with one attached hydrogen (secondary N) is 1. The normalized spacial score (nSPS) is 18.8. The number of methoxy groups -OCH3 is 2. The molecule has 45 heavy (non-hydrogen) atoms. The zero-order valence-electron chi connectivity index (χ0n) is 26.2. The summed E-state index contributed by atoms with van der Waals surface area (Å²) in [4.78, 5) is 42.7. The average Bonchev–Trinajstić information content (AvgIpc) is 3.69. The molecule has 9 nitrogen and oxygen atoms in total. The molecule has 0 unspecified atom stereocenters. The van der Waals surface area contributed by atoms with E-state index in [2.05, 4.69) is 4.98 Å². The Morgan fingerprint density at radius 1 is 0.822 bits per heavy atom. The van der Waals surface area contributed by atoms with Gasteiger partial charge in [0.1, 0.15) is 0 Å². The Hall–Kier alpha value is -4.76. The number of aliphatic imine (C=N–C) groups is 3. The second kappa shape index (κ2) is 13.1. The molecule has 1 aromatic heterocycles. The number of aliphatic hydroxyl groups excluding tert-OH is 1. The van der Waals surface area contributed by atoms with E-state index in [1.165, 1.54) is 20.3 Å². The molecule has 5 rings (SSSR count). The highest BCUT2D eigenvalue weighted by Gasteiger charge is 2.27. The van der Waals surface area contributed by atoms with E-state index in [-0.39, 0.29) is 24.8 Å².